The Kier molecular flexibility index (Phi) is 8.86. The third-order valence-corrected chi connectivity index (χ3v) is 6.45. The molecule has 0 atom stereocenters. The van der Waals surface area contributed by atoms with E-state index in [9.17, 15) is 23.2 Å². The van der Waals surface area contributed by atoms with Crippen molar-refractivity contribution in [1.29, 1.82) is 0 Å². The topological polar surface area (TPSA) is 70.8 Å². The monoisotopic (exact) mass is 532 g/mol. The average molecular weight is 533 g/mol. The maximum atomic E-state index is 14.5. The Balaban J connectivity index is 1.65. The lowest BCUT2D eigenvalue weighted by Gasteiger charge is -2.28. The molecule has 39 heavy (non-hydrogen) atoms. The number of benzene rings is 3. The summed E-state index contributed by atoms with van der Waals surface area (Å²) >= 11 is 0. The normalized spacial score (nSPS) is 11.1. The molecule has 0 aliphatic heterocycles. The maximum Gasteiger partial charge on any atom is 0.257 e. The minimum atomic E-state index is -0.665. The van der Waals surface area contributed by atoms with E-state index in [0.29, 0.717) is 23.0 Å². The molecule has 0 aliphatic rings. The van der Waals surface area contributed by atoms with Crippen LogP contribution in [-0.4, -0.2) is 34.7 Å². The lowest BCUT2D eigenvalue weighted by molar-refractivity contribution is -0.133. The number of para-hydroxylation sites is 1. The van der Waals surface area contributed by atoms with E-state index in [-0.39, 0.29) is 48.7 Å². The first-order valence-electron chi connectivity index (χ1n) is 12.8. The Labute approximate surface area is 225 Å². The van der Waals surface area contributed by atoms with Crippen LogP contribution in [0.15, 0.2) is 88.3 Å². The molecule has 0 bridgehead atoms. The molecule has 4 aromatic rings. The third-order valence-electron chi connectivity index (χ3n) is 6.45. The van der Waals surface area contributed by atoms with E-state index >= 15 is 0 Å². The summed E-state index contributed by atoms with van der Waals surface area (Å²) in [6, 6.07) is 18.2. The van der Waals surface area contributed by atoms with Gasteiger partial charge in [-0.05, 0) is 54.3 Å². The van der Waals surface area contributed by atoms with E-state index in [2.05, 4.69) is 0 Å². The summed E-state index contributed by atoms with van der Waals surface area (Å²) in [4.78, 5) is 42.9. The van der Waals surface area contributed by atoms with Gasteiger partial charge in [-0.2, -0.15) is 0 Å². The van der Waals surface area contributed by atoms with Crippen molar-refractivity contribution < 1.29 is 22.8 Å². The van der Waals surface area contributed by atoms with Crippen LogP contribution in [0.25, 0.3) is 11.0 Å². The molecule has 6 nitrogen and oxygen atoms in total. The first-order valence-corrected chi connectivity index (χ1v) is 12.8. The van der Waals surface area contributed by atoms with E-state index in [4.69, 9.17) is 4.42 Å². The second-order valence-corrected chi connectivity index (χ2v) is 9.85. The van der Waals surface area contributed by atoms with Gasteiger partial charge in [-0.15, -0.1) is 0 Å². The predicted octanol–water partition coefficient (Wildman–Crippen LogP) is 5.79. The first-order chi connectivity index (χ1) is 18.7. The quantitative estimate of drug-likeness (QED) is 0.259. The summed E-state index contributed by atoms with van der Waals surface area (Å²) in [5, 5.41) is 0.387. The second-order valence-electron chi connectivity index (χ2n) is 9.85. The molecule has 2 amide bonds. The van der Waals surface area contributed by atoms with Crippen LogP contribution in [0.1, 0.15) is 41.8 Å². The van der Waals surface area contributed by atoms with Crippen molar-refractivity contribution >= 4 is 22.8 Å². The van der Waals surface area contributed by atoms with Gasteiger partial charge in [0.1, 0.15) is 23.8 Å². The highest BCUT2D eigenvalue weighted by Crippen LogP contribution is 2.17. The molecule has 0 unspecified atom stereocenters. The van der Waals surface area contributed by atoms with Gasteiger partial charge < -0.3 is 14.2 Å². The Hall–Kier alpha value is -4.33. The fourth-order valence-electron chi connectivity index (χ4n) is 4.21. The Morgan fingerprint density at radius 3 is 2.28 bits per heavy atom. The Morgan fingerprint density at radius 2 is 1.56 bits per heavy atom. The molecular formula is C31H30F2N2O4. The fraction of sp³-hybridized carbons (Fsp3) is 0.258. The van der Waals surface area contributed by atoms with E-state index in [1.54, 1.807) is 42.5 Å². The Morgan fingerprint density at radius 1 is 0.872 bits per heavy atom. The Bertz CT molecular complexity index is 1520. The molecule has 0 saturated carbocycles. The number of amides is 2. The van der Waals surface area contributed by atoms with Crippen molar-refractivity contribution in [3.05, 3.63) is 118 Å². The van der Waals surface area contributed by atoms with Gasteiger partial charge in [-0.25, -0.2) is 8.78 Å². The van der Waals surface area contributed by atoms with Gasteiger partial charge >= 0.3 is 0 Å². The van der Waals surface area contributed by atoms with Crippen LogP contribution in [0.3, 0.4) is 0 Å². The summed E-state index contributed by atoms with van der Waals surface area (Å²) in [5.41, 5.74) is 0.947. The van der Waals surface area contributed by atoms with Gasteiger partial charge in [0.25, 0.3) is 5.91 Å². The van der Waals surface area contributed by atoms with Crippen molar-refractivity contribution in [2.45, 2.75) is 33.4 Å². The van der Waals surface area contributed by atoms with Crippen LogP contribution in [0.4, 0.5) is 8.78 Å². The van der Waals surface area contributed by atoms with Crippen molar-refractivity contribution in [3.8, 4) is 0 Å². The summed E-state index contributed by atoms with van der Waals surface area (Å²) in [7, 11) is 0. The maximum absolute atomic E-state index is 14.5. The molecule has 0 N–H and O–H groups in total. The SMILES string of the molecule is CC(C)CCN(CC(=O)N(Cc1ccc(F)cc1)Cc1coc2ccccc2c1=O)C(=O)c1ccccc1F. The predicted molar refractivity (Wildman–Crippen MR) is 145 cm³/mol. The van der Waals surface area contributed by atoms with Gasteiger partial charge in [0.2, 0.25) is 5.91 Å². The molecule has 0 radical (unpaired) electrons. The highest BCUT2D eigenvalue weighted by Gasteiger charge is 2.25. The zero-order valence-electron chi connectivity index (χ0n) is 21.9. The van der Waals surface area contributed by atoms with Crippen molar-refractivity contribution in [3.63, 3.8) is 0 Å². The van der Waals surface area contributed by atoms with E-state index in [0.717, 1.165) is 0 Å². The lowest BCUT2D eigenvalue weighted by Crippen LogP contribution is -2.43. The average Bonchev–Trinajstić information content (AvgIpc) is 2.93. The number of carbonyl (C=O) groups is 2. The van der Waals surface area contributed by atoms with Gasteiger partial charge in [-0.3, -0.25) is 14.4 Å². The number of halogens is 2. The van der Waals surface area contributed by atoms with Crippen LogP contribution in [0.5, 0.6) is 0 Å². The van der Waals surface area contributed by atoms with Gasteiger partial charge in [-0.1, -0.05) is 50.2 Å². The van der Waals surface area contributed by atoms with Crippen molar-refractivity contribution in [1.82, 2.24) is 9.80 Å². The number of hydrogen-bond acceptors (Lipinski definition) is 4. The van der Waals surface area contributed by atoms with Gasteiger partial charge in [0, 0.05) is 13.1 Å². The van der Waals surface area contributed by atoms with E-state index in [1.807, 2.05) is 13.8 Å². The highest BCUT2D eigenvalue weighted by molar-refractivity contribution is 5.96. The standard InChI is InChI=1S/C31H30F2N2O4/c1-21(2)15-16-34(31(38)25-7-3-5-9-27(25)33)19-29(36)35(17-22-11-13-24(32)14-12-22)18-23-20-39-28-10-6-4-8-26(28)30(23)37/h3-14,20-21H,15-19H2,1-2H3. The number of fused-ring (bicyclic) bond motifs is 1. The zero-order valence-corrected chi connectivity index (χ0v) is 21.9. The number of rotatable bonds is 10. The van der Waals surface area contributed by atoms with Crippen molar-refractivity contribution in [2.75, 3.05) is 13.1 Å². The number of carbonyl (C=O) groups excluding carboxylic acids is 2. The molecule has 8 heteroatoms. The molecule has 202 valence electrons. The lowest BCUT2D eigenvalue weighted by atomic mass is 10.1. The van der Waals surface area contributed by atoms with Crippen molar-refractivity contribution in [2.24, 2.45) is 5.92 Å². The molecule has 0 saturated heterocycles. The molecule has 3 aromatic carbocycles. The summed E-state index contributed by atoms with van der Waals surface area (Å²) in [6.45, 7) is 3.90. The molecule has 0 fully saturated rings. The smallest absolute Gasteiger partial charge is 0.257 e. The number of hydrogen-bond donors (Lipinski definition) is 0. The minimum absolute atomic E-state index is 0.0668. The zero-order chi connectivity index (χ0) is 27.9. The summed E-state index contributed by atoms with van der Waals surface area (Å²) in [5.74, 6) is -1.87. The second kappa shape index (κ2) is 12.5. The molecule has 0 spiro atoms. The first kappa shape index (κ1) is 27.7. The third kappa shape index (κ3) is 6.96. The fourth-order valence-corrected chi connectivity index (χ4v) is 4.21. The minimum Gasteiger partial charge on any atom is -0.464 e. The van der Waals surface area contributed by atoms with Gasteiger partial charge in [0.05, 0.1) is 29.3 Å². The molecule has 1 aromatic heterocycles. The molecular weight excluding hydrogens is 502 g/mol. The number of nitrogens with zero attached hydrogens (tertiary/aromatic N) is 2. The summed E-state index contributed by atoms with van der Waals surface area (Å²) < 4.78 is 33.6. The van der Waals surface area contributed by atoms with Gasteiger partial charge in [0.15, 0.2) is 5.43 Å². The summed E-state index contributed by atoms with van der Waals surface area (Å²) in [6.07, 6.45) is 1.94. The molecule has 0 aliphatic carbocycles. The van der Waals surface area contributed by atoms with Crippen LogP contribution in [0.2, 0.25) is 0 Å². The molecule has 4 rings (SSSR count). The van der Waals surface area contributed by atoms with Crippen LogP contribution < -0.4 is 5.43 Å². The van der Waals surface area contributed by atoms with E-state index in [1.165, 1.54) is 46.4 Å². The highest BCUT2D eigenvalue weighted by atomic mass is 19.1. The largest absolute Gasteiger partial charge is 0.464 e. The van der Waals surface area contributed by atoms with Crippen LogP contribution >= 0.6 is 0 Å². The van der Waals surface area contributed by atoms with Crippen LogP contribution in [0, 0.1) is 17.6 Å². The van der Waals surface area contributed by atoms with Crippen LogP contribution in [-0.2, 0) is 17.9 Å². The molecule has 1 heterocycles. The van der Waals surface area contributed by atoms with E-state index < -0.39 is 23.4 Å².